The number of nitrogens with one attached hydrogen (secondary N) is 1. The van der Waals surface area contributed by atoms with Gasteiger partial charge in [0.1, 0.15) is 5.01 Å². The Bertz CT molecular complexity index is 446. The standard InChI is InChI=1S/C11H16N4O2S/c1-12-9(16)8-6-15(4-5-17-8)11-14-13-10(18-11)7-2-3-7/h7-8H,2-6H2,1H3,(H,12,16). The molecule has 3 rings (SSSR count). The summed E-state index contributed by atoms with van der Waals surface area (Å²) in [7, 11) is 1.63. The molecule has 1 saturated carbocycles. The van der Waals surface area contributed by atoms with Crippen molar-refractivity contribution in [2.75, 3.05) is 31.6 Å². The molecule has 2 aliphatic rings. The van der Waals surface area contributed by atoms with Gasteiger partial charge in [0.2, 0.25) is 5.13 Å². The molecule has 0 bridgehead atoms. The summed E-state index contributed by atoms with van der Waals surface area (Å²) in [6, 6.07) is 0. The first-order valence-electron chi connectivity index (χ1n) is 6.19. The Kier molecular flexibility index (Phi) is 3.17. The fraction of sp³-hybridized carbons (Fsp3) is 0.727. The van der Waals surface area contributed by atoms with E-state index < -0.39 is 6.10 Å². The Labute approximate surface area is 109 Å². The Morgan fingerprint density at radius 2 is 2.33 bits per heavy atom. The lowest BCUT2D eigenvalue weighted by Crippen LogP contribution is -2.49. The van der Waals surface area contributed by atoms with E-state index in [9.17, 15) is 4.79 Å². The minimum absolute atomic E-state index is 0.0772. The van der Waals surface area contributed by atoms with Gasteiger partial charge < -0.3 is 15.0 Å². The molecule has 1 amide bonds. The summed E-state index contributed by atoms with van der Waals surface area (Å²) in [6.45, 7) is 1.88. The Morgan fingerprint density at radius 3 is 3.06 bits per heavy atom. The van der Waals surface area contributed by atoms with Gasteiger partial charge in [-0.1, -0.05) is 11.3 Å². The van der Waals surface area contributed by atoms with Gasteiger partial charge in [-0.2, -0.15) is 0 Å². The van der Waals surface area contributed by atoms with E-state index in [0.29, 0.717) is 19.1 Å². The number of aromatic nitrogens is 2. The van der Waals surface area contributed by atoms with Crippen molar-refractivity contribution in [3.05, 3.63) is 5.01 Å². The van der Waals surface area contributed by atoms with Crippen molar-refractivity contribution in [1.82, 2.24) is 15.5 Å². The van der Waals surface area contributed by atoms with Crippen LogP contribution < -0.4 is 10.2 Å². The van der Waals surface area contributed by atoms with Crippen LogP contribution in [0.15, 0.2) is 0 Å². The van der Waals surface area contributed by atoms with Crippen LogP contribution in [0.2, 0.25) is 0 Å². The normalized spacial score (nSPS) is 24.1. The van der Waals surface area contributed by atoms with Gasteiger partial charge in [0.25, 0.3) is 5.91 Å². The van der Waals surface area contributed by atoms with Gasteiger partial charge in [0.05, 0.1) is 13.2 Å². The number of carbonyl (C=O) groups is 1. The highest BCUT2D eigenvalue weighted by molar-refractivity contribution is 7.15. The second-order valence-electron chi connectivity index (χ2n) is 4.62. The maximum Gasteiger partial charge on any atom is 0.250 e. The maximum atomic E-state index is 11.6. The molecular weight excluding hydrogens is 252 g/mol. The summed E-state index contributed by atoms with van der Waals surface area (Å²) in [6.07, 6.45) is 2.06. The van der Waals surface area contributed by atoms with Crippen molar-refractivity contribution < 1.29 is 9.53 Å². The van der Waals surface area contributed by atoms with Crippen LogP contribution in [0.1, 0.15) is 23.8 Å². The van der Waals surface area contributed by atoms with Gasteiger partial charge in [-0.15, -0.1) is 10.2 Å². The number of hydrogen-bond acceptors (Lipinski definition) is 6. The molecule has 1 aromatic heterocycles. The summed E-state index contributed by atoms with van der Waals surface area (Å²) in [5.74, 6) is 0.554. The number of hydrogen-bond donors (Lipinski definition) is 1. The molecule has 6 nitrogen and oxygen atoms in total. The molecule has 1 saturated heterocycles. The summed E-state index contributed by atoms with van der Waals surface area (Å²) >= 11 is 1.65. The third kappa shape index (κ3) is 2.32. The summed E-state index contributed by atoms with van der Waals surface area (Å²) in [4.78, 5) is 13.7. The predicted molar refractivity (Wildman–Crippen MR) is 67.9 cm³/mol. The van der Waals surface area contributed by atoms with Crippen LogP contribution in [0.4, 0.5) is 5.13 Å². The highest BCUT2D eigenvalue weighted by atomic mass is 32.1. The monoisotopic (exact) mass is 268 g/mol. The summed E-state index contributed by atoms with van der Waals surface area (Å²) in [5.41, 5.74) is 0. The second-order valence-corrected chi connectivity index (χ2v) is 5.60. The molecule has 1 N–H and O–H groups in total. The topological polar surface area (TPSA) is 67.4 Å². The van der Waals surface area contributed by atoms with Crippen molar-refractivity contribution >= 4 is 22.4 Å². The molecule has 1 aromatic rings. The minimum Gasteiger partial charge on any atom is -0.365 e. The average Bonchev–Trinajstić information content (AvgIpc) is 3.15. The van der Waals surface area contributed by atoms with Gasteiger partial charge in [0, 0.05) is 19.5 Å². The lowest BCUT2D eigenvalue weighted by molar-refractivity contribution is -0.132. The number of carbonyl (C=O) groups excluding carboxylic acids is 1. The number of likely N-dealkylation sites (N-methyl/N-ethyl adjacent to an activating group) is 1. The second kappa shape index (κ2) is 4.81. The van der Waals surface area contributed by atoms with Crippen LogP contribution in [-0.2, 0) is 9.53 Å². The number of anilines is 1. The largest absolute Gasteiger partial charge is 0.365 e. The van der Waals surface area contributed by atoms with Gasteiger partial charge in [-0.25, -0.2) is 0 Å². The predicted octanol–water partition coefficient (Wildman–Crippen LogP) is 0.367. The van der Waals surface area contributed by atoms with E-state index in [1.54, 1.807) is 18.4 Å². The Morgan fingerprint density at radius 1 is 1.50 bits per heavy atom. The molecular formula is C11H16N4O2S. The van der Waals surface area contributed by atoms with E-state index in [-0.39, 0.29) is 5.91 Å². The lowest BCUT2D eigenvalue weighted by atomic mass is 10.2. The van der Waals surface area contributed by atoms with Crippen LogP contribution in [-0.4, -0.2) is 49.0 Å². The lowest BCUT2D eigenvalue weighted by Gasteiger charge is -2.31. The third-order valence-electron chi connectivity index (χ3n) is 3.23. The zero-order valence-corrected chi connectivity index (χ0v) is 11.1. The average molecular weight is 268 g/mol. The van der Waals surface area contributed by atoms with Crippen molar-refractivity contribution in [3.63, 3.8) is 0 Å². The van der Waals surface area contributed by atoms with Gasteiger partial charge in [-0.05, 0) is 12.8 Å². The minimum atomic E-state index is -0.406. The van der Waals surface area contributed by atoms with Crippen molar-refractivity contribution in [1.29, 1.82) is 0 Å². The Hall–Kier alpha value is -1.21. The molecule has 2 heterocycles. The van der Waals surface area contributed by atoms with Crippen molar-refractivity contribution in [2.45, 2.75) is 24.9 Å². The molecule has 98 valence electrons. The summed E-state index contributed by atoms with van der Waals surface area (Å²) < 4.78 is 5.45. The fourth-order valence-electron chi connectivity index (χ4n) is 1.99. The molecule has 0 spiro atoms. The van der Waals surface area contributed by atoms with Gasteiger partial charge in [-0.3, -0.25) is 4.79 Å². The first kappa shape index (κ1) is 11.9. The first-order chi connectivity index (χ1) is 8.78. The van der Waals surface area contributed by atoms with Gasteiger partial charge >= 0.3 is 0 Å². The number of rotatable bonds is 3. The van der Waals surface area contributed by atoms with E-state index in [1.807, 2.05) is 0 Å². The summed E-state index contributed by atoms with van der Waals surface area (Å²) in [5, 5.41) is 13.1. The van der Waals surface area contributed by atoms with Crippen LogP contribution in [0, 0.1) is 0 Å². The van der Waals surface area contributed by atoms with E-state index in [1.165, 1.54) is 12.8 Å². The Balaban J connectivity index is 1.68. The van der Waals surface area contributed by atoms with Crippen LogP contribution in [0.3, 0.4) is 0 Å². The number of morpholine rings is 1. The molecule has 1 unspecified atom stereocenters. The van der Waals surface area contributed by atoms with E-state index in [0.717, 1.165) is 16.7 Å². The molecule has 7 heteroatoms. The van der Waals surface area contributed by atoms with E-state index >= 15 is 0 Å². The first-order valence-corrected chi connectivity index (χ1v) is 7.01. The SMILES string of the molecule is CNC(=O)C1CN(c2nnc(C3CC3)s2)CCO1. The van der Waals surface area contributed by atoms with Crippen molar-refractivity contribution in [3.8, 4) is 0 Å². The molecule has 1 aliphatic carbocycles. The van der Waals surface area contributed by atoms with E-state index in [4.69, 9.17) is 4.74 Å². The van der Waals surface area contributed by atoms with E-state index in [2.05, 4.69) is 20.4 Å². The molecule has 18 heavy (non-hydrogen) atoms. The number of nitrogens with zero attached hydrogens (tertiary/aromatic N) is 3. The smallest absolute Gasteiger partial charge is 0.250 e. The van der Waals surface area contributed by atoms with Crippen LogP contribution in [0.5, 0.6) is 0 Å². The number of amides is 1. The number of ether oxygens (including phenoxy) is 1. The molecule has 0 radical (unpaired) electrons. The fourth-order valence-corrected chi connectivity index (χ4v) is 3.04. The zero-order chi connectivity index (χ0) is 12.5. The molecule has 1 aliphatic heterocycles. The third-order valence-corrected chi connectivity index (χ3v) is 4.38. The highest BCUT2D eigenvalue weighted by Crippen LogP contribution is 2.42. The highest BCUT2D eigenvalue weighted by Gasteiger charge is 2.31. The van der Waals surface area contributed by atoms with Crippen molar-refractivity contribution in [2.24, 2.45) is 0 Å². The van der Waals surface area contributed by atoms with Gasteiger partial charge in [0.15, 0.2) is 6.10 Å². The molecule has 2 fully saturated rings. The molecule has 1 atom stereocenters. The molecule has 0 aromatic carbocycles. The zero-order valence-electron chi connectivity index (χ0n) is 10.3. The quantitative estimate of drug-likeness (QED) is 0.857. The van der Waals surface area contributed by atoms with Crippen LogP contribution in [0.25, 0.3) is 0 Å². The van der Waals surface area contributed by atoms with Crippen LogP contribution >= 0.6 is 11.3 Å². The maximum absolute atomic E-state index is 11.6.